The molecule has 0 aliphatic heterocycles. The Morgan fingerprint density at radius 1 is 1.22 bits per heavy atom. The number of carbonyl (C=O) groups excluding carboxylic acids is 1. The minimum absolute atomic E-state index is 0.0639. The number of carbonyl (C=O) groups is 2. The number of nitrogens with one attached hydrogen (secondary N) is 1. The lowest BCUT2D eigenvalue weighted by molar-refractivity contribution is -0.138. The molecular weight excluding hydrogens is 296 g/mol. The van der Waals surface area contributed by atoms with Crippen molar-refractivity contribution in [2.45, 2.75) is 37.6 Å². The Hall–Kier alpha value is -2.70. The summed E-state index contributed by atoms with van der Waals surface area (Å²) in [7, 11) is 0. The van der Waals surface area contributed by atoms with Crippen molar-refractivity contribution < 1.29 is 14.7 Å². The second-order valence-corrected chi connectivity index (χ2v) is 5.87. The zero-order valence-corrected chi connectivity index (χ0v) is 12.6. The van der Waals surface area contributed by atoms with Gasteiger partial charge in [0, 0.05) is 0 Å². The summed E-state index contributed by atoms with van der Waals surface area (Å²) in [5.74, 6) is -1.28. The van der Waals surface area contributed by atoms with Crippen LogP contribution in [0.5, 0.6) is 0 Å². The highest BCUT2D eigenvalue weighted by atomic mass is 16.4. The van der Waals surface area contributed by atoms with Gasteiger partial charge in [-0.1, -0.05) is 31.0 Å². The van der Waals surface area contributed by atoms with Crippen LogP contribution in [0.1, 0.15) is 42.6 Å². The number of hydrogen-bond acceptors (Lipinski definition) is 4. The van der Waals surface area contributed by atoms with Crippen molar-refractivity contribution in [2.75, 3.05) is 0 Å². The van der Waals surface area contributed by atoms with Gasteiger partial charge in [-0.05, 0) is 25.0 Å². The van der Waals surface area contributed by atoms with E-state index in [4.69, 9.17) is 5.11 Å². The molecule has 3 rings (SSSR count). The summed E-state index contributed by atoms with van der Waals surface area (Å²) in [5.41, 5.74) is 0.276. The van der Waals surface area contributed by atoms with E-state index in [9.17, 15) is 9.59 Å². The Kier molecular flexibility index (Phi) is 4.10. The number of aliphatic carboxylic acids is 1. The number of amides is 1. The second kappa shape index (κ2) is 6.20. The van der Waals surface area contributed by atoms with E-state index in [2.05, 4.69) is 15.5 Å². The summed E-state index contributed by atoms with van der Waals surface area (Å²) < 4.78 is 0. The van der Waals surface area contributed by atoms with Crippen LogP contribution in [0.4, 0.5) is 0 Å². The number of hydrogen-bond donors (Lipinski definition) is 2. The fourth-order valence-electron chi connectivity index (χ4n) is 3.04. The van der Waals surface area contributed by atoms with Gasteiger partial charge in [0.1, 0.15) is 0 Å². The van der Waals surface area contributed by atoms with Crippen molar-refractivity contribution in [2.24, 2.45) is 0 Å². The molecule has 0 saturated heterocycles. The highest BCUT2D eigenvalue weighted by Crippen LogP contribution is 2.32. The van der Waals surface area contributed by atoms with Gasteiger partial charge in [-0.2, -0.15) is 9.90 Å². The van der Waals surface area contributed by atoms with E-state index < -0.39 is 11.5 Å². The summed E-state index contributed by atoms with van der Waals surface area (Å²) in [5, 5.41) is 20.2. The van der Waals surface area contributed by atoms with Gasteiger partial charge in [0.15, 0.2) is 5.69 Å². The minimum Gasteiger partial charge on any atom is -0.481 e. The first-order valence-electron chi connectivity index (χ1n) is 7.60. The van der Waals surface area contributed by atoms with E-state index in [1.54, 1.807) is 0 Å². The number of carboxylic acid groups (broad SMARTS) is 1. The van der Waals surface area contributed by atoms with E-state index in [-0.39, 0.29) is 18.0 Å². The van der Waals surface area contributed by atoms with Gasteiger partial charge < -0.3 is 10.4 Å². The Balaban J connectivity index is 1.76. The van der Waals surface area contributed by atoms with Gasteiger partial charge in [0.05, 0.1) is 23.8 Å². The molecule has 1 aromatic carbocycles. The average Bonchev–Trinajstić information content (AvgIpc) is 3.17. The third-order valence-corrected chi connectivity index (χ3v) is 4.14. The Morgan fingerprint density at radius 2 is 1.91 bits per heavy atom. The molecule has 120 valence electrons. The number of aromatic nitrogens is 3. The number of rotatable bonds is 5. The van der Waals surface area contributed by atoms with E-state index in [0.717, 1.165) is 18.5 Å². The van der Waals surface area contributed by atoms with E-state index in [1.807, 2.05) is 30.3 Å². The molecular formula is C16H18N4O3. The fraction of sp³-hybridized carbons (Fsp3) is 0.375. The van der Waals surface area contributed by atoms with E-state index in [1.165, 1.54) is 11.0 Å². The molecule has 1 heterocycles. The molecule has 2 aromatic rings. The highest BCUT2D eigenvalue weighted by molar-refractivity contribution is 5.92. The molecule has 7 nitrogen and oxygen atoms in total. The van der Waals surface area contributed by atoms with Gasteiger partial charge >= 0.3 is 5.97 Å². The highest BCUT2D eigenvalue weighted by Gasteiger charge is 2.38. The molecule has 1 aliphatic carbocycles. The molecule has 1 aliphatic rings. The normalized spacial score (nSPS) is 16.2. The molecule has 0 atom stereocenters. The summed E-state index contributed by atoms with van der Waals surface area (Å²) in [4.78, 5) is 24.9. The average molecular weight is 314 g/mol. The molecule has 0 spiro atoms. The van der Waals surface area contributed by atoms with Crippen LogP contribution in [0.15, 0.2) is 36.5 Å². The van der Waals surface area contributed by atoms with Crippen molar-refractivity contribution >= 4 is 11.9 Å². The maximum Gasteiger partial charge on any atom is 0.305 e. The maximum absolute atomic E-state index is 12.4. The first-order chi connectivity index (χ1) is 11.1. The molecule has 1 saturated carbocycles. The lowest BCUT2D eigenvalue weighted by Crippen LogP contribution is -2.48. The van der Waals surface area contributed by atoms with Gasteiger partial charge in [-0.3, -0.25) is 9.59 Å². The minimum atomic E-state index is -0.903. The summed E-state index contributed by atoms with van der Waals surface area (Å²) in [6.07, 6.45) is 4.53. The first-order valence-corrected chi connectivity index (χ1v) is 7.60. The third kappa shape index (κ3) is 3.39. The number of nitrogens with zero attached hydrogens (tertiary/aromatic N) is 3. The lowest BCUT2D eigenvalue weighted by atomic mass is 9.93. The zero-order valence-electron chi connectivity index (χ0n) is 12.6. The number of para-hydroxylation sites is 1. The Morgan fingerprint density at radius 3 is 2.57 bits per heavy atom. The predicted molar refractivity (Wildman–Crippen MR) is 82.3 cm³/mol. The first kappa shape index (κ1) is 15.2. The zero-order chi connectivity index (χ0) is 16.3. The van der Waals surface area contributed by atoms with Crippen molar-refractivity contribution in [1.29, 1.82) is 0 Å². The van der Waals surface area contributed by atoms with Gasteiger partial charge in [-0.25, -0.2) is 0 Å². The molecule has 7 heteroatoms. The third-order valence-electron chi connectivity index (χ3n) is 4.14. The van der Waals surface area contributed by atoms with Crippen LogP contribution in [0.2, 0.25) is 0 Å². The topological polar surface area (TPSA) is 97.1 Å². The standard InChI is InChI=1S/C16H18N4O3/c21-14(22)10-16(8-4-5-9-16)18-15(23)13-11-17-20(19-13)12-6-2-1-3-7-12/h1-3,6-7,11H,4-5,8-10H2,(H,18,23)(H,21,22). The number of carboxylic acids is 1. The second-order valence-electron chi connectivity index (χ2n) is 5.87. The van der Waals surface area contributed by atoms with Crippen LogP contribution < -0.4 is 5.32 Å². The van der Waals surface area contributed by atoms with E-state index >= 15 is 0 Å². The van der Waals surface area contributed by atoms with Gasteiger partial charge in [-0.15, -0.1) is 5.10 Å². The van der Waals surface area contributed by atoms with Crippen molar-refractivity contribution in [3.8, 4) is 5.69 Å². The van der Waals surface area contributed by atoms with Crippen LogP contribution in [0, 0.1) is 0 Å². The molecule has 1 fully saturated rings. The SMILES string of the molecule is O=C(O)CC1(NC(=O)c2cnn(-c3ccccc3)n2)CCCC1. The molecule has 0 radical (unpaired) electrons. The Bertz CT molecular complexity index is 705. The molecule has 1 aromatic heterocycles. The van der Waals surface area contributed by atoms with Gasteiger partial charge in [0.25, 0.3) is 5.91 Å². The lowest BCUT2D eigenvalue weighted by Gasteiger charge is -2.28. The van der Waals surface area contributed by atoms with Crippen molar-refractivity contribution in [3.63, 3.8) is 0 Å². The maximum atomic E-state index is 12.4. The monoisotopic (exact) mass is 314 g/mol. The predicted octanol–water partition coefficient (Wildman–Crippen LogP) is 1.78. The Labute approximate surface area is 133 Å². The largest absolute Gasteiger partial charge is 0.481 e. The molecule has 2 N–H and O–H groups in total. The fourth-order valence-corrected chi connectivity index (χ4v) is 3.04. The van der Waals surface area contributed by atoms with Crippen LogP contribution in [-0.2, 0) is 4.79 Å². The number of benzene rings is 1. The molecule has 1 amide bonds. The van der Waals surface area contributed by atoms with Gasteiger partial charge in [0.2, 0.25) is 0 Å². The molecule has 0 unspecified atom stereocenters. The van der Waals surface area contributed by atoms with Crippen molar-refractivity contribution in [3.05, 3.63) is 42.2 Å². The van der Waals surface area contributed by atoms with Crippen molar-refractivity contribution in [1.82, 2.24) is 20.3 Å². The van der Waals surface area contributed by atoms with Crippen LogP contribution >= 0.6 is 0 Å². The molecule has 0 bridgehead atoms. The van der Waals surface area contributed by atoms with Crippen LogP contribution in [0.25, 0.3) is 5.69 Å². The van der Waals surface area contributed by atoms with E-state index in [0.29, 0.717) is 12.8 Å². The molecule has 23 heavy (non-hydrogen) atoms. The summed E-state index contributed by atoms with van der Waals surface area (Å²) >= 11 is 0. The summed E-state index contributed by atoms with van der Waals surface area (Å²) in [6, 6.07) is 9.28. The van der Waals surface area contributed by atoms with Crippen LogP contribution in [-0.4, -0.2) is 37.5 Å². The van der Waals surface area contributed by atoms with Crippen LogP contribution in [0.3, 0.4) is 0 Å². The summed E-state index contributed by atoms with van der Waals surface area (Å²) in [6.45, 7) is 0. The quantitative estimate of drug-likeness (QED) is 0.877. The smallest absolute Gasteiger partial charge is 0.305 e.